The van der Waals surface area contributed by atoms with Gasteiger partial charge < -0.3 is 10.1 Å². The van der Waals surface area contributed by atoms with E-state index in [0.717, 1.165) is 16.8 Å². The van der Waals surface area contributed by atoms with Gasteiger partial charge in [0.1, 0.15) is 5.92 Å². The first-order valence-electron chi connectivity index (χ1n) is 10.3. The average Bonchev–Trinajstić information content (AvgIpc) is 2.73. The largest absolute Gasteiger partial charge is 0.465 e. The number of nitrogens with one attached hydrogen (secondary N) is 1. The highest BCUT2D eigenvalue weighted by molar-refractivity contribution is 6.31. The number of allylic oxidation sites excluding steroid dienone is 2. The van der Waals surface area contributed by atoms with Gasteiger partial charge in [0.15, 0.2) is 5.78 Å². The highest BCUT2D eigenvalue weighted by Gasteiger charge is 2.46. The molecular formula is C25H23Cl2NO3. The molecule has 160 valence electrons. The zero-order valence-electron chi connectivity index (χ0n) is 17.2. The molecule has 2 aromatic carbocycles. The van der Waals surface area contributed by atoms with E-state index in [2.05, 4.69) is 11.9 Å². The van der Waals surface area contributed by atoms with Crippen molar-refractivity contribution in [1.29, 1.82) is 0 Å². The fourth-order valence-corrected chi connectivity index (χ4v) is 4.97. The van der Waals surface area contributed by atoms with Crippen LogP contribution in [0, 0.1) is 5.92 Å². The third kappa shape index (κ3) is 4.15. The third-order valence-corrected chi connectivity index (χ3v) is 6.56. The van der Waals surface area contributed by atoms with Crippen LogP contribution in [0.5, 0.6) is 0 Å². The minimum atomic E-state index is -0.727. The molecule has 3 atom stereocenters. The smallest absolute Gasteiger partial charge is 0.315 e. The number of hydrogen-bond donors (Lipinski definition) is 1. The summed E-state index contributed by atoms with van der Waals surface area (Å²) in [5.41, 5.74) is 3.70. The summed E-state index contributed by atoms with van der Waals surface area (Å²) in [6.07, 6.45) is 0.989. The Bertz CT molecular complexity index is 1070. The zero-order chi connectivity index (χ0) is 22.1. The molecule has 4 nitrogen and oxygen atoms in total. The Morgan fingerprint density at radius 3 is 2.52 bits per heavy atom. The molecule has 0 saturated carbocycles. The Labute approximate surface area is 191 Å². The van der Waals surface area contributed by atoms with Crippen LogP contribution in [0.2, 0.25) is 10.0 Å². The Kier molecular flexibility index (Phi) is 6.22. The second-order valence-electron chi connectivity index (χ2n) is 7.85. The maximum atomic E-state index is 13.5. The first-order valence-corrected chi connectivity index (χ1v) is 11.0. The summed E-state index contributed by atoms with van der Waals surface area (Å²) in [5.74, 6) is -1.65. The van der Waals surface area contributed by atoms with Crippen molar-refractivity contribution < 1.29 is 14.3 Å². The summed E-state index contributed by atoms with van der Waals surface area (Å²) in [6.45, 7) is 6.12. The lowest BCUT2D eigenvalue weighted by Gasteiger charge is -2.40. The van der Waals surface area contributed by atoms with Gasteiger partial charge in [-0.15, -0.1) is 0 Å². The summed E-state index contributed by atoms with van der Waals surface area (Å²) >= 11 is 12.5. The van der Waals surface area contributed by atoms with Gasteiger partial charge >= 0.3 is 5.97 Å². The van der Waals surface area contributed by atoms with Crippen LogP contribution < -0.4 is 5.32 Å². The van der Waals surface area contributed by atoms with Gasteiger partial charge in [-0.05, 0) is 48.6 Å². The molecule has 2 aromatic rings. The van der Waals surface area contributed by atoms with Crippen molar-refractivity contribution in [1.82, 2.24) is 5.32 Å². The standard InChI is InChI=1S/C25H23Cl2NO3/c1-3-31-25(30)22-14(2)28-20-12-16(15-8-10-17(26)11-9-15)13-21(29)24(20)23(22)18-6-4-5-7-19(18)27/h4-11,16,22-23,28H,2-3,12-13H2,1H3. The lowest BCUT2D eigenvalue weighted by molar-refractivity contribution is -0.147. The molecule has 0 radical (unpaired) electrons. The van der Waals surface area contributed by atoms with E-state index in [1.54, 1.807) is 13.0 Å². The normalized spacial score (nSPS) is 23.3. The molecule has 0 fully saturated rings. The summed E-state index contributed by atoms with van der Waals surface area (Å²) in [6, 6.07) is 14.9. The number of halogens is 2. The highest BCUT2D eigenvalue weighted by Crippen LogP contribution is 2.48. The second kappa shape index (κ2) is 8.89. The fourth-order valence-electron chi connectivity index (χ4n) is 4.59. The maximum absolute atomic E-state index is 13.5. The monoisotopic (exact) mass is 455 g/mol. The number of hydrogen-bond acceptors (Lipinski definition) is 4. The van der Waals surface area contributed by atoms with Crippen molar-refractivity contribution in [3.05, 3.63) is 93.2 Å². The molecule has 6 heteroatoms. The topological polar surface area (TPSA) is 55.4 Å². The van der Waals surface area contributed by atoms with Gasteiger partial charge in [0, 0.05) is 39.4 Å². The van der Waals surface area contributed by atoms with Crippen LogP contribution in [-0.4, -0.2) is 18.4 Å². The van der Waals surface area contributed by atoms with Gasteiger partial charge in [0.2, 0.25) is 0 Å². The van der Waals surface area contributed by atoms with E-state index in [1.807, 2.05) is 42.5 Å². The van der Waals surface area contributed by atoms with Gasteiger partial charge in [-0.1, -0.05) is 60.1 Å². The summed E-state index contributed by atoms with van der Waals surface area (Å²) in [4.78, 5) is 26.3. The number of esters is 1. The van der Waals surface area contributed by atoms with Crippen molar-refractivity contribution in [2.45, 2.75) is 31.6 Å². The molecule has 1 heterocycles. The van der Waals surface area contributed by atoms with E-state index in [9.17, 15) is 9.59 Å². The molecule has 0 bridgehead atoms. The quantitative estimate of drug-likeness (QED) is 0.594. The van der Waals surface area contributed by atoms with Gasteiger partial charge in [-0.2, -0.15) is 0 Å². The predicted molar refractivity (Wildman–Crippen MR) is 122 cm³/mol. The number of carbonyl (C=O) groups is 2. The summed E-state index contributed by atoms with van der Waals surface area (Å²) in [5, 5.41) is 4.43. The van der Waals surface area contributed by atoms with Crippen LogP contribution in [0.15, 0.2) is 72.1 Å². The zero-order valence-corrected chi connectivity index (χ0v) is 18.7. The van der Waals surface area contributed by atoms with Crippen molar-refractivity contribution in [3.8, 4) is 0 Å². The van der Waals surface area contributed by atoms with E-state index in [0.29, 0.717) is 34.2 Å². The molecule has 31 heavy (non-hydrogen) atoms. The van der Waals surface area contributed by atoms with Crippen LogP contribution in [0.3, 0.4) is 0 Å². The maximum Gasteiger partial charge on any atom is 0.315 e. The van der Waals surface area contributed by atoms with Crippen molar-refractivity contribution in [2.75, 3.05) is 6.61 Å². The molecule has 0 saturated heterocycles. The van der Waals surface area contributed by atoms with Gasteiger partial charge in [-0.3, -0.25) is 9.59 Å². The van der Waals surface area contributed by atoms with E-state index >= 15 is 0 Å². The molecule has 0 spiro atoms. The molecule has 3 unspecified atom stereocenters. The SMILES string of the molecule is C=C1NC2=C(C(=O)CC(c3ccc(Cl)cc3)C2)C(c2ccccc2Cl)C1C(=O)OCC. The number of carbonyl (C=O) groups excluding carboxylic acids is 2. The van der Waals surface area contributed by atoms with Crippen molar-refractivity contribution in [3.63, 3.8) is 0 Å². The number of Topliss-reactive ketones (excluding diaryl/α,β-unsaturated/α-hetero) is 1. The minimum Gasteiger partial charge on any atom is -0.465 e. The molecular weight excluding hydrogens is 433 g/mol. The van der Waals surface area contributed by atoms with E-state index in [-0.39, 0.29) is 18.3 Å². The van der Waals surface area contributed by atoms with Crippen molar-refractivity contribution >= 4 is 35.0 Å². The Hall–Kier alpha value is -2.56. The van der Waals surface area contributed by atoms with Crippen LogP contribution in [0.1, 0.15) is 42.7 Å². The molecule has 1 aliphatic heterocycles. The number of benzene rings is 2. The van der Waals surface area contributed by atoms with E-state index in [4.69, 9.17) is 27.9 Å². The van der Waals surface area contributed by atoms with Crippen LogP contribution in [0.25, 0.3) is 0 Å². The Morgan fingerprint density at radius 2 is 1.84 bits per heavy atom. The van der Waals surface area contributed by atoms with Gasteiger partial charge in [0.25, 0.3) is 0 Å². The van der Waals surface area contributed by atoms with Crippen LogP contribution in [0.4, 0.5) is 0 Å². The van der Waals surface area contributed by atoms with Gasteiger partial charge in [0.05, 0.1) is 6.61 Å². The predicted octanol–water partition coefficient (Wildman–Crippen LogP) is 5.77. The molecule has 0 aromatic heterocycles. The molecule has 2 aliphatic rings. The second-order valence-corrected chi connectivity index (χ2v) is 8.69. The Balaban J connectivity index is 1.80. The minimum absolute atomic E-state index is 0.000387. The third-order valence-electron chi connectivity index (χ3n) is 5.96. The van der Waals surface area contributed by atoms with Crippen LogP contribution in [-0.2, 0) is 14.3 Å². The molecule has 1 aliphatic carbocycles. The first-order chi connectivity index (χ1) is 14.9. The van der Waals surface area contributed by atoms with E-state index in [1.165, 1.54) is 0 Å². The van der Waals surface area contributed by atoms with Crippen LogP contribution >= 0.6 is 23.2 Å². The molecule has 0 amide bonds. The lowest BCUT2D eigenvalue weighted by Crippen LogP contribution is -2.42. The lowest BCUT2D eigenvalue weighted by atomic mass is 9.69. The summed E-state index contributed by atoms with van der Waals surface area (Å²) < 4.78 is 5.33. The highest BCUT2D eigenvalue weighted by atomic mass is 35.5. The first kappa shape index (κ1) is 21.7. The number of ketones is 1. The Morgan fingerprint density at radius 1 is 1.13 bits per heavy atom. The molecule has 1 N–H and O–H groups in total. The van der Waals surface area contributed by atoms with Gasteiger partial charge in [-0.25, -0.2) is 0 Å². The fraction of sp³-hybridized carbons (Fsp3) is 0.280. The van der Waals surface area contributed by atoms with E-state index < -0.39 is 17.8 Å². The number of ether oxygens (including phenoxy) is 1. The van der Waals surface area contributed by atoms with Crippen molar-refractivity contribution in [2.24, 2.45) is 5.92 Å². The molecule has 4 rings (SSSR count). The average molecular weight is 456 g/mol. The number of rotatable bonds is 4. The summed E-state index contributed by atoms with van der Waals surface area (Å²) in [7, 11) is 0.